The van der Waals surface area contributed by atoms with E-state index in [4.69, 9.17) is 5.11 Å². The SMILES string of the molecule is O=C(O)C=Cc1csc(CSc2nccs2)c1. The van der Waals surface area contributed by atoms with Crippen molar-refractivity contribution in [3.63, 3.8) is 0 Å². The monoisotopic (exact) mass is 283 g/mol. The predicted octanol–water partition coefficient (Wildman–Crippen LogP) is 3.59. The zero-order valence-electron chi connectivity index (χ0n) is 8.70. The summed E-state index contributed by atoms with van der Waals surface area (Å²) in [5.74, 6) is -0.0473. The Bertz CT molecular complexity index is 517. The number of nitrogens with zero attached hydrogens (tertiary/aromatic N) is 1. The Balaban J connectivity index is 1.92. The number of hydrogen-bond donors (Lipinski definition) is 1. The maximum atomic E-state index is 10.4. The van der Waals surface area contributed by atoms with Crippen LogP contribution in [0.2, 0.25) is 0 Å². The molecule has 0 aromatic carbocycles. The number of carboxylic acid groups (broad SMARTS) is 1. The molecule has 3 nitrogen and oxygen atoms in total. The van der Waals surface area contributed by atoms with Crippen LogP contribution in [0.3, 0.4) is 0 Å². The molecule has 6 heteroatoms. The number of hydrogen-bond acceptors (Lipinski definition) is 5. The Hall–Kier alpha value is -1.11. The first-order chi connectivity index (χ1) is 8.24. The second kappa shape index (κ2) is 6.00. The van der Waals surface area contributed by atoms with E-state index in [-0.39, 0.29) is 0 Å². The third kappa shape index (κ3) is 3.99. The van der Waals surface area contributed by atoms with Gasteiger partial charge in [0.15, 0.2) is 0 Å². The fourth-order valence-electron chi connectivity index (χ4n) is 1.14. The zero-order chi connectivity index (χ0) is 12.1. The first kappa shape index (κ1) is 12.3. The lowest BCUT2D eigenvalue weighted by Gasteiger charge is -1.92. The van der Waals surface area contributed by atoms with Crippen molar-refractivity contribution in [3.8, 4) is 0 Å². The molecule has 2 heterocycles. The Morgan fingerprint density at radius 1 is 1.53 bits per heavy atom. The van der Waals surface area contributed by atoms with Gasteiger partial charge in [-0.2, -0.15) is 0 Å². The number of carbonyl (C=O) groups is 1. The van der Waals surface area contributed by atoms with Gasteiger partial charge in [0.2, 0.25) is 0 Å². The first-order valence-electron chi connectivity index (χ1n) is 4.75. The zero-order valence-corrected chi connectivity index (χ0v) is 11.1. The van der Waals surface area contributed by atoms with Crippen molar-refractivity contribution in [2.24, 2.45) is 0 Å². The summed E-state index contributed by atoms with van der Waals surface area (Å²) in [6, 6.07) is 2.00. The number of thiophene rings is 1. The van der Waals surface area contributed by atoms with Gasteiger partial charge in [0.05, 0.1) is 0 Å². The van der Waals surface area contributed by atoms with Crippen molar-refractivity contribution in [3.05, 3.63) is 39.5 Å². The maximum absolute atomic E-state index is 10.4. The van der Waals surface area contributed by atoms with Crippen molar-refractivity contribution in [1.82, 2.24) is 4.98 Å². The smallest absolute Gasteiger partial charge is 0.328 e. The molecule has 0 saturated carbocycles. The largest absolute Gasteiger partial charge is 0.478 e. The third-order valence-corrected chi connectivity index (χ3v) is 4.99. The molecule has 0 amide bonds. The van der Waals surface area contributed by atoms with Crippen LogP contribution in [0.5, 0.6) is 0 Å². The number of thiazole rings is 1. The molecular formula is C11H9NO2S3. The summed E-state index contributed by atoms with van der Waals surface area (Å²) >= 11 is 4.96. The van der Waals surface area contributed by atoms with Crippen LogP contribution in [0.1, 0.15) is 10.4 Å². The summed E-state index contributed by atoms with van der Waals surface area (Å²) in [4.78, 5) is 15.8. The molecule has 1 N–H and O–H groups in total. The summed E-state index contributed by atoms with van der Waals surface area (Å²) in [6.07, 6.45) is 4.55. The summed E-state index contributed by atoms with van der Waals surface area (Å²) in [6.45, 7) is 0. The Labute approximate surface area is 111 Å². The topological polar surface area (TPSA) is 50.2 Å². The quantitative estimate of drug-likeness (QED) is 0.673. The summed E-state index contributed by atoms with van der Waals surface area (Å²) in [5.41, 5.74) is 0.937. The molecule has 0 unspecified atom stereocenters. The number of aliphatic carboxylic acids is 1. The molecule has 0 spiro atoms. The van der Waals surface area contributed by atoms with Crippen LogP contribution in [0, 0.1) is 0 Å². The lowest BCUT2D eigenvalue weighted by molar-refractivity contribution is -0.131. The normalized spacial score (nSPS) is 11.1. The van der Waals surface area contributed by atoms with Crippen molar-refractivity contribution < 1.29 is 9.90 Å². The van der Waals surface area contributed by atoms with E-state index in [9.17, 15) is 4.79 Å². The van der Waals surface area contributed by atoms with Gasteiger partial charge in [-0.15, -0.1) is 22.7 Å². The highest BCUT2D eigenvalue weighted by molar-refractivity contribution is 8.00. The fraction of sp³-hybridized carbons (Fsp3) is 0.0909. The molecule has 0 radical (unpaired) electrons. The lowest BCUT2D eigenvalue weighted by Crippen LogP contribution is -1.84. The van der Waals surface area contributed by atoms with E-state index in [0.717, 1.165) is 21.7 Å². The second-order valence-electron chi connectivity index (χ2n) is 3.10. The van der Waals surface area contributed by atoms with Crippen LogP contribution >= 0.6 is 34.4 Å². The van der Waals surface area contributed by atoms with Gasteiger partial charge in [0.25, 0.3) is 0 Å². The van der Waals surface area contributed by atoms with Crippen molar-refractivity contribution in [2.45, 2.75) is 10.1 Å². The first-order valence-corrected chi connectivity index (χ1v) is 7.49. The highest BCUT2D eigenvalue weighted by Crippen LogP contribution is 2.27. The molecule has 17 heavy (non-hydrogen) atoms. The van der Waals surface area contributed by atoms with Crippen molar-refractivity contribution >= 4 is 46.5 Å². The molecular weight excluding hydrogens is 274 g/mol. The predicted molar refractivity (Wildman–Crippen MR) is 72.7 cm³/mol. The summed E-state index contributed by atoms with van der Waals surface area (Å²) in [5, 5.41) is 12.4. The minimum absolute atomic E-state index is 0.874. The third-order valence-electron chi connectivity index (χ3n) is 1.84. The van der Waals surface area contributed by atoms with Crippen LogP contribution < -0.4 is 0 Å². The molecule has 2 aromatic heterocycles. The second-order valence-corrected chi connectivity index (χ2v) is 6.22. The minimum atomic E-state index is -0.921. The molecule has 0 aliphatic carbocycles. The van der Waals surface area contributed by atoms with E-state index in [2.05, 4.69) is 4.98 Å². The average molecular weight is 283 g/mol. The van der Waals surface area contributed by atoms with Gasteiger partial charge in [0.1, 0.15) is 4.34 Å². The Morgan fingerprint density at radius 3 is 3.12 bits per heavy atom. The van der Waals surface area contributed by atoms with Gasteiger partial charge in [-0.25, -0.2) is 9.78 Å². The molecule has 0 saturated heterocycles. The molecule has 0 aliphatic heterocycles. The molecule has 2 aromatic rings. The maximum Gasteiger partial charge on any atom is 0.328 e. The van der Waals surface area contributed by atoms with Crippen molar-refractivity contribution in [2.75, 3.05) is 0 Å². The van der Waals surface area contributed by atoms with Crippen molar-refractivity contribution in [1.29, 1.82) is 0 Å². The molecule has 0 aliphatic rings. The fourth-order valence-corrected chi connectivity index (χ4v) is 3.69. The van der Waals surface area contributed by atoms with E-state index in [1.54, 1.807) is 46.7 Å². The van der Waals surface area contributed by atoms with Crippen LogP contribution in [0.15, 0.2) is 33.4 Å². The summed E-state index contributed by atoms with van der Waals surface area (Å²) in [7, 11) is 0. The molecule has 0 fully saturated rings. The Kier molecular flexibility index (Phi) is 4.36. The van der Waals surface area contributed by atoms with Crippen LogP contribution in [0.25, 0.3) is 6.08 Å². The van der Waals surface area contributed by atoms with E-state index in [0.29, 0.717) is 0 Å². The van der Waals surface area contributed by atoms with Gasteiger partial charge >= 0.3 is 5.97 Å². The number of aromatic nitrogens is 1. The molecule has 2 rings (SSSR count). The van der Waals surface area contributed by atoms with Gasteiger partial charge in [-0.3, -0.25) is 0 Å². The molecule has 0 bridgehead atoms. The minimum Gasteiger partial charge on any atom is -0.478 e. The van der Waals surface area contributed by atoms with Crippen LogP contribution in [-0.4, -0.2) is 16.1 Å². The highest BCUT2D eigenvalue weighted by atomic mass is 32.2. The molecule has 0 atom stereocenters. The van der Waals surface area contributed by atoms with E-state index in [1.165, 1.54) is 4.88 Å². The van der Waals surface area contributed by atoms with E-state index < -0.39 is 5.97 Å². The van der Waals surface area contributed by atoms with Gasteiger partial charge < -0.3 is 5.11 Å². The Morgan fingerprint density at radius 2 is 2.41 bits per heavy atom. The van der Waals surface area contributed by atoms with Crippen LogP contribution in [-0.2, 0) is 10.5 Å². The number of carboxylic acids is 1. The van der Waals surface area contributed by atoms with Crippen LogP contribution in [0.4, 0.5) is 0 Å². The average Bonchev–Trinajstić information content (AvgIpc) is 2.95. The van der Waals surface area contributed by atoms with E-state index in [1.807, 2.05) is 16.8 Å². The van der Waals surface area contributed by atoms with Gasteiger partial charge in [0, 0.05) is 28.3 Å². The lowest BCUT2D eigenvalue weighted by atomic mass is 10.3. The summed E-state index contributed by atoms with van der Waals surface area (Å²) < 4.78 is 1.06. The molecule has 88 valence electrons. The van der Waals surface area contributed by atoms with Gasteiger partial charge in [-0.1, -0.05) is 11.8 Å². The van der Waals surface area contributed by atoms with E-state index >= 15 is 0 Å². The highest BCUT2D eigenvalue weighted by Gasteiger charge is 2.01. The number of rotatable bonds is 5. The standard InChI is InChI=1S/C11H9NO2S3/c13-10(14)2-1-8-5-9(16-6-8)7-17-11-12-3-4-15-11/h1-6H,7H2,(H,13,14). The van der Waals surface area contributed by atoms with Gasteiger partial charge in [-0.05, 0) is 23.1 Å². The number of thioether (sulfide) groups is 1.